The Bertz CT molecular complexity index is 597. The van der Waals surface area contributed by atoms with E-state index in [0.717, 1.165) is 23.4 Å². The number of guanidine groups is 1. The Morgan fingerprint density at radius 2 is 2.29 bits per heavy atom. The SMILES string of the molecule is COc1cccc(NC(N)=NCCc2cnn(C)c2)c1.I. The Balaban J connectivity index is 0.00000220. The molecule has 0 radical (unpaired) electrons. The molecular weight excluding hydrogens is 381 g/mol. The lowest BCUT2D eigenvalue weighted by molar-refractivity contribution is 0.415. The minimum absolute atomic E-state index is 0. The molecule has 0 saturated carbocycles. The normalized spacial score (nSPS) is 10.9. The van der Waals surface area contributed by atoms with Gasteiger partial charge in [0.1, 0.15) is 5.75 Å². The number of hydrogen-bond donors (Lipinski definition) is 2. The molecule has 6 nitrogen and oxygen atoms in total. The highest BCUT2D eigenvalue weighted by atomic mass is 127. The highest BCUT2D eigenvalue weighted by molar-refractivity contribution is 14.0. The van der Waals surface area contributed by atoms with E-state index in [9.17, 15) is 0 Å². The van der Waals surface area contributed by atoms with Crippen molar-refractivity contribution in [3.8, 4) is 5.75 Å². The number of anilines is 1. The van der Waals surface area contributed by atoms with Gasteiger partial charge in [-0.05, 0) is 24.1 Å². The van der Waals surface area contributed by atoms with Crippen LogP contribution in [0.4, 0.5) is 5.69 Å². The number of ether oxygens (including phenoxy) is 1. The average Bonchev–Trinajstić information content (AvgIpc) is 2.84. The Labute approximate surface area is 141 Å². The zero-order valence-corrected chi connectivity index (χ0v) is 14.4. The molecule has 0 aliphatic carbocycles. The number of aryl methyl sites for hydroxylation is 1. The molecule has 0 bridgehead atoms. The van der Waals surface area contributed by atoms with Crippen LogP contribution in [0.1, 0.15) is 5.56 Å². The van der Waals surface area contributed by atoms with Crippen molar-refractivity contribution >= 4 is 35.6 Å². The van der Waals surface area contributed by atoms with Crippen LogP contribution in [0.3, 0.4) is 0 Å². The number of halogens is 1. The summed E-state index contributed by atoms with van der Waals surface area (Å²) in [4.78, 5) is 4.28. The summed E-state index contributed by atoms with van der Waals surface area (Å²) in [6.07, 6.45) is 4.62. The number of benzene rings is 1. The lowest BCUT2D eigenvalue weighted by Crippen LogP contribution is -2.23. The summed E-state index contributed by atoms with van der Waals surface area (Å²) in [7, 11) is 3.52. The van der Waals surface area contributed by atoms with Crippen LogP contribution >= 0.6 is 24.0 Å². The van der Waals surface area contributed by atoms with E-state index in [-0.39, 0.29) is 24.0 Å². The van der Waals surface area contributed by atoms with Gasteiger partial charge in [-0.1, -0.05) is 6.07 Å². The molecule has 2 rings (SSSR count). The Hall–Kier alpha value is -1.77. The third-order valence-electron chi connectivity index (χ3n) is 2.78. The first-order valence-corrected chi connectivity index (χ1v) is 6.36. The summed E-state index contributed by atoms with van der Waals surface area (Å²) >= 11 is 0. The Morgan fingerprint density at radius 1 is 1.48 bits per heavy atom. The van der Waals surface area contributed by atoms with Crippen LogP contribution in [0.2, 0.25) is 0 Å². The van der Waals surface area contributed by atoms with Crippen molar-refractivity contribution in [1.82, 2.24) is 9.78 Å². The number of nitrogens with two attached hydrogens (primary N) is 1. The van der Waals surface area contributed by atoms with Crippen LogP contribution in [0.15, 0.2) is 41.7 Å². The second-order valence-corrected chi connectivity index (χ2v) is 4.40. The topological polar surface area (TPSA) is 77.5 Å². The van der Waals surface area contributed by atoms with Gasteiger partial charge in [0.25, 0.3) is 0 Å². The number of hydrogen-bond acceptors (Lipinski definition) is 3. The van der Waals surface area contributed by atoms with Crippen molar-refractivity contribution in [2.45, 2.75) is 6.42 Å². The van der Waals surface area contributed by atoms with E-state index in [1.807, 2.05) is 43.7 Å². The highest BCUT2D eigenvalue weighted by Gasteiger charge is 1.98. The fourth-order valence-corrected chi connectivity index (χ4v) is 1.79. The molecule has 0 amide bonds. The molecule has 7 heteroatoms. The largest absolute Gasteiger partial charge is 0.497 e. The van der Waals surface area contributed by atoms with E-state index < -0.39 is 0 Å². The summed E-state index contributed by atoms with van der Waals surface area (Å²) in [5, 5.41) is 7.14. The quantitative estimate of drug-likeness (QED) is 0.457. The van der Waals surface area contributed by atoms with Crippen molar-refractivity contribution in [3.05, 3.63) is 42.2 Å². The summed E-state index contributed by atoms with van der Waals surface area (Å²) in [6, 6.07) is 7.54. The number of aromatic nitrogens is 2. The van der Waals surface area contributed by atoms with E-state index in [1.54, 1.807) is 11.8 Å². The first-order valence-electron chi connectivity index (χ1n) is 6.36. The second-order valence-electron chi connectivity index (χ2n) is 4.40. The molecule has 0 atom stereocenters. The zero-order chi connectivity index (χ0) is 14.4. The molecule has 0 fully saturated rings. The fourth-order valence-electron chi connectivity index (χ4n) is 1.79. The smallest absolute Gasteiger partial charge is 0.193 e. The summed E-state index contributed by atoms with van der Waals surface area (Å²) in [6.45, 7) is 0.620. The van der Waals surface area contributed by atoms with Crippen molar-refractivity contribution < 1.29 is 4.74 Å². The van der Waals surface area contributed by atoms with Gasteiger partial charge in [-0.2, -0.15) is 5.10 Å². The predicted molar refractivity (Wildman–Crippen MR) is 95.4 cm³/mol. The molecule has 1 aromatic heterocycles. The Kier molecular flexibility index (Phi) is 7.00. The van der Waals surface area contributed by atoms with Crippen LogP contribution in [-0.2, 0) is 13.5 Å². The molecule has 1 heterocycles. The van der Waals surface area contributed by atoms with E-state index >= 15 is 0 Å². The van der Waals surface area contributed by atoms with Crippen molar-refractivity contribution in [2.24, 2.45) is 17.8 Å². The van der Waals surface area contributed by atoms with Gasteiger partial charge in [0.2, 0.25) is 0 Å². The maximum absolute atomic E-state index is 5.84. The second kappa shape index (κ2) is 8.50. The van der Waals surface area contributed by atoms with Crippen LogP contribution in [0.25, 0.3) is 0 Å². The minimum Gasteiger partial charge on any atom is -0.497 e. The Morgan fingerprint density at radius 3 is 2.95 bits per heavy atom. The number of nitrogens with zero attached hydrogens (tertiary/aromatic N) is 3. The minimum atomic E-state index is 0. The van der Waals surface area contributed by atoms with Crippen LogP contribution in [-0.4, -0.2) is 29.4 Å². The van der Waals surface area contributed by atoms with Gasteiger partial charge >= 0.3 is 0 Å². The molecule has 2 aromatic rings. The monoisotopic (exact) mass is 401 g/mol. The van der Waals surface area contributed by atoms with Crippen LogP contribution in [0, 0.1) is 0 Å². The lowest BCUT2D eigenvalue weighted by Gasteiger charge is -2.07. The highest BCUT2D eigenvalue weighted by Crippen LogP contribution is 2.16. The van der Waals surface area contributed by atoms with E-state index in [1.165, 1.54) is 0 Å². The first kappa shape index (κ1) is 17.3. The van der Waals surface area contributed by atoms with Gasteiger partial charge in [0.05, 0.1) is 13.3 Å². The maximum atomic E-state index is 5.84. The van der Waals surface area contributed by atoms with Crippen molar-refractivity contribution in [1.29, 1.82) is 0 Å². The van der Waals surface area contributed by atoms with Gasteiger partial charge in [-0.25, -0.2) is 0 Å². The van der Waals surface area contributed by atoms with Crippen LogP contribution < -0.4 is 15.8 Å². The van der Waals surface area contributed by atoms with Crippen molar-refractivity contribution in [3.63, 3.8) is 0 Å². The van der Waals surface area contributed by atoms with E-state index in [4.69, 9.17) is 10.5 Å². The van der Waals surface area contributed by atoms with Crippen molar-refractivity contribution in [2.75, 3.05) is 19.0 Å². The van der Waals surface area contributed by atoms with Gasteiger partial charge in [-0.3, -0.25) is 9.67 Å². The lowest BCUT2D eigenvalue weighted by atomic mass is 10.2. The average molecular weight is 401 g/mol. The molecule has 3 N–H and O–H groups in total. The maximum Gasteiger partial charge on any atom is 0.193 e. The summed E-state index contributed by atoms with van der Waals surface area (Å²) < 4.78 is 6.92. The van der Waals surface area contributed by atoms with Gasteiger partial charge in [0.15, 0.2) is 5.96 Å². The molecule has 1 aromatic carbocycles. The fraction of sp³-hybridized carbons (Fsp3) is 0.286. The number of nitrogens with one attached hydrogen (secondary N) is 1. The number of methoxy groups -OCH3 is 1. The summed E-state index contributed by atoms with van der Waals surface area (Å²) in [5.41, 5.74) is 7.84. The number of rotatable bonds is 5. The zero-order valence-electron chi connectivity index (χ0n) is 12.1. The predicted octanol–water partition coefficient (Wildman–Crippen LogP) is 2.02. The molecule has 0 aliphatic heterocycles. The van der Waals surface area contributed by atoms with E-state index in [0.29, 0.717) is 12.5 Å². The molecule has 0 aliphatic rings. The summed E-state index contributed by atoms with van der Waals surface area (Å²) in [5.74, 6) is 1.17. The molecule has 0 saturated heterocycles. The van der Waals surface area contributed by atoms with E-state index in [2.05, 4.69) is 15.4 Å². The standard InChI is InChI=1S/C14H19N5O.HI/c1-19-10-11(9-17-19)6-7-16-14(15)18-12-4-3-5-13(8-12)20-2;/h3-5,8-10H,6-7H2,1-2H3,(H3,15,16,18);1H. The number of aliphatic imine (C=N–C) groups is 1. The van der Waals surface area contributed by atoms with Gasteiger partial charge < -0.3 is 15.8 Å². The molecule has 0 spiro atoms. The van der Waals surface area contributed by atoms with Crippen LogP contribution in [0.5, 0.6) is 5.75 Å². The third-order valence-corrected chi connectivity index (χ3v) is 2.78. The van der Waals surface area contributed by atoms with Gasteiger partial charge in [0, 0.05) is 31.5 Å². The molecular formula is C14H20IN5O. The van der Waals surface area contributed by atoms with Gasteiger partial charge in [-0.15, -0.1) is 24.0 Å². The molecule has 114 valence electrons. The molecule has 21 heavy (non-hydrogen) atoms. The molecule has 0 unspecified atom stereocenters. The third kappa shape index (κ3) is 5.62. The first-order chi connectivity index (χ1) is 9.67.